The third-order valence-electron chi connectivity index (χ3n) is 4.56. The summed E-state index contributed by atoms with van der Waals surface area (Å²) in [6, 6.07) is 10.2. The lowest BCUT2D eigenvalue weighted by atomic mass is 10.3. The van der Waals surface area contributed by atoms with Gasteiger partial charge < -0.3 is 10.2 Å². The average Bonchev–Trinajstić information content (AvgIpc) is 3.18. The number of carbonyl (C=O) groups excluding carboxylic acids is 1. The van der Waals surface area contributed by atoms with E-state index in [1.165, 1.54) is 4.31 Å². The molecule has 1 aromatic carbocycles. The van der Waals surface area contributed by atoms with Crippen LogP contribution in [0.15, 0.2) is 53.7 Å². The van der Waals surface area contributed by atoms with Gasteiger partial charge in [-0.2, -0.15) is 8.87 Å². The van der Waals surface area contributed by atoms with E-state index >= 15 is 0 Å². The van der Waals surface area contributed by atoms with E-state index in [0.29, 0.717) is 18.8 Å². The fraction of sp³-hybridized carbons (Fsp3) is 0.368. The van der Waals surface area contributed by atoms with E-state index in [1.807, 2.05) is 43.5 Å². The van der Waals surface area contributed by atoms with Gasteiger partial charge in [0.05, 0.1) is 4.90 Å². The van der Waals surface area contributed by atoms with Crippen LogP contribution in [0.4, 0.5) is 11.4 Å². The number of anilines is 2. The quantitative estimate of drug-likeness (QED) is 0.760. The largest absolute Gasteiger partial charge is 0.377 e. The van der Waals surface area contributed by atoms with Crippen molar-refractivity contribution < 1.29 is 17.8 Å². The summed E-state index contributed by atoms with van der Waals surface area (Å²) in [6.45, 7) is 1.33. The molecule has 144 valence electrons. The molecule has 7 nitrogen and oxygen atoms in total. The van der Waals surface area contributed by atoms with Crippen molar-refractivity contribution in [1.29, 1.82) is 0 Å². The number of rotatable bonds is 6. The molecule has 8 heteroatoms. The van der Waals surface area contributed by atoms with Gasteiger partial charge in [0, 0.05) is 50.7 Å². The minimum atomic E-state index is -3.43. The highest BCUT2D eigenvalue weighted by Gasteiger charge is 2.26. The molecule has 0 aliphatic carbocycles. The van der Waals surface area contributed by atoms with Crippen LogP contribution < -0.4 is 14.8 Å². The van der Waals surface area contributed by atoms with Gasteiger partial charge in [0.2, 0.25) is 16.6 Å². The third-order valence-corrected chi connectivity index (χ3v) is 6.47. The average molecular weight is 390 g/mol. The molecule has 1 saturated heterocycles. The van der Waals surface area contributed by atoms with E-state index < -0.39 is 10.0 Å². The Morgan fingerprint density at radius 1 is 1.07 bits per heavy atom. The molecular weight excluding hydrogens is 364 g/mol. The maximum atomic E-state index is 12.5. The van der Waals surface area contributed by atoms with Crippen LogP contribution >= 0.6 is 0 Å². The van der Waals surface area contributed by atoms with Crippen LogP contribution in [-0.2, 0) is 21.4 Å². The highest BCUT2D eigenvalue weighted by molar-refractivity contribution is 7.89. The van der Waals surface area contributed by atoms with Gasteiger partial charge in [-0.1, -0.05) is 0 Å². The minimum Gasteiger partial charge on any atom is -0.377 e. The molecule has 27 heavy (non-hydrogen) atoms. The first-order chi connectivity index (χ1) is 12.9. The first-order valence-electron chi connectivity index (χ1n) is 8.93. The van der Waals surface area contributed by atoms with Crippen molar-refractivity contribution >= 4 is 27.3 Å². The van der Waals surface area contributed by atoms with Crippen molar-refractivity contribution in [3.05, 3.63) is 48.8 Å². The summed E-state index contributed by atoms with van der Waals surface area (Å²) in [7, 11) is 0.485. The summed E-state index contributed by atoms with van der Waals surface area (Å²) in [4.78, 5) is 14.5. The van der Waals surface area contributed by atoms with Crippen LogP contribution in [-0.4, -0.2) is 45.8 Å². The third kappa shape index (κ3) is 4.64. The fourth-order valence-electron chi connectivity index (χ4n) is 3.01. The number of aromatic nitrogens is 1. The Hall–Kier alpha value is -2.45. The zero-order chi connectivity index (χ0) is 19.4. The molecule has 1 amide bonds. The molecule has 0 unspecified atom stereocenters. The summed E-state index contributed by atoms with van der Waals surface area (Å²) in [5, 5.41) is 2.80. The summed E-state index contributed by atoms with van der Waals surface area (Å²) < 4.78 is 28.3. The van der Waals surface area contributed by atoms with Gasteiger partial charge in [-0.3, -0.25) is 4.79 Å². The first kappa shape index (κ1) is 19.3. The number of hydrogen-bond donors (Lipinski definition) is 1. The molecule has 2 aromatic rings. The van der Waals surface area contributed by atoms with Crippen molar-refractivity contribution in [3.8, 4) is 0 Å². The zero-order valence-corrected chi connectivity index (χ0v) is 16.4. The van der Waals surface area contributed by atoms with Crippen LogP contribution in [0.2, 0.25) is 0 Å². The number of sulfonamides is 1. The SMILES string of the molecule is CN(C)c1cc[n+](CC(=O)Nc2ccc(S(=O)(=O)N3CCCC3)cc2)cc1. The van der Waals surface area contributed by atoms with E-state index in [2.05, 4.69) is 5.32 Å². The first-order valence-corrected chi connectivity index (χ1v) is 10.4. The normalized spacial score (nSPS) is 14.9. The van der Waals surface area contributed by atoms with Crippen molar-refractivity contribution in [3.63, 3.8) is 0 Å². The number of carbonyl (C=O) groups is 1. The van der Waals surface area contributed by atoms with Gasteiger partial charge in [-0.25, -0.2) is 8.42 Å². The molecule has 1 aliphatic heterocycles. The van der Waals surface area contributed by atoms with Crippen LogP contribution in [0, 0.1) is 0 Å². The second-order valence-electron chi connectivity index (χ2n) is 6.81. The molecule has 1 aliphatic rings. The van der Waals surface area contributed by atoms with Crippen molar-refractivity contribution in [2.24, 2.45) is 0 Å². The Kier molecular flexibility index (Phi) is 5.76. The maximum Gasteiger partial charge on any atom is 0.290 e. The van der Waals surface area contributed by atoms with Gasteiger partial charge >= 0.3 is 0 Å². The van der Waals surface area contributed by atoms with E-state index in [-0.39, 0.29) is 17.3 Å². The van der Waals surface area contributed by atoms with Gasteiger partial charge in [-0.15, -0.1) is 0 Å². The Bertz CT molecular complexity index is 888. The van der Waals surface area contributed by atoms with Crippen LogP contribution in [0.3, 0.4) is 0 Å². The monoisotopic (exact) mass is 389 g/mol. The number of amides is 1. The van der Waals surface area contributed by atoms with Crippen LogP contribution in [0.1, 0.15) is 12.8 Å². The van der Waals surface area contributed by atoms with Gasteiger partial charge in [0.1, 0.15) is 0 Å². The second-order valence-corrected chi connectivity index (χ2v) is 8.74. The molecule has 1 N–H and O–H groups in total. The number of nitrogens with zero attached hydrogens (tertiary/aromatic N) is 3. The van der Waals surface area contributed by atoms with E-state index in [0.717, 1.165) is 18.5 Å². The van der Waals surface area contributed by atoms with Gasteiger partial charge in [0.25, 0.3) is 5.91 Å². The molecule has 0 atom stereocenters. The van der Waals surface area contributed by atoms with Crippen molar-refractivity contribution in [1.82, 2.24) is 4.31 Å². The van der Waals surface area contributed by atoms with Crippen molar-refractivity contribution in [2.75, 3.05) is 37.4 Å². The molecular formula is C19H25N4O3S+. The maximum absolute atomic E-state index is 12.5. The van der Waals surface area contributed by atoms with Crippen LogP contribution in [0.25, 0.3) is 0 Å². The molecule has 0 spiro atoms. The second kappa shape index (κ2) is 8.06. The number of benzene rings is 1. The molecule has 1 aromatic heterocycles. The standard InChI is InChI=1S/C19H24N4O3S/c1-21(2)17-9-13-22(14-10-17)15-19(24)20-16-5-7-18(8-6-16)27(25,26)23-11-3-4-12-23/h5-10,13-14H,3-4,11-12,15H2,1-2H3/p+1. The van der Waals surface area contributed by atoms with E-state index in [9.17, 15) is 13.2 Å². The molecule has 0 saturated carbocycles. The van der Waals surface area contributed by atoms with Gasteiger partial charge in [0.15, 0.2) is 12.4 Å². The Morgan fingerprint density at radius 3 is 2.22 bits per heavy atom. The Balaban J connectivity index is 1.61. The zero-order valence-electron chi connectivity index (χ0n) is 15.6. The fourth-order valence-corrected chi connectivity index (χ4v) is 4.52. The van der Waals surface area contributed by atoms with Crippen LogP contribution in [0.5, 0.6) is 0 Å². The highest BCUT2D eigenvalue weighted by Crippen LogP contribution is 2.22. The molecule has 1 fully saturated rings. The number of hydrogen-bond acceptors (Lipinski definition) is 4. The molecule has 0 radical (unpaired) electrons. The summed E-state index contributed by atoms with van der Waals surface area (Å²) in [6.07, 6.45) is 5.50. The number of nitrogens with one attached hydrogen (secondary N) is 1. The number of pyridine rings is 1. The summed E-state index contributed by atoms with van der Waals surface area (Å²) in [5.41, 5.74) is 1.63. The summed E-state index contributed by atoms with van der Waals surface area (Å²) >= 11 is 0. The predicted molar refractivity (Wildman–Crippen MR) is 104 cm³/mol. The molecule has 3 rings (SSSR count). The molecule has 2 heterocycles. The lowest BCUT2D eigenvalue weighted by Crippen LogP contribution is -2.39. The Labute approximate surface area is 160 Å². The minimum absolute atomic E-state index is 0.173. The lowest BCUT2D eigenvalue weighted by Gasteiger charge is -2.15. The van der Waals surface area contributed by atoms with E-state index in [1.54, 1.807) is 28.8 Å². The van der Waals surface area contributed by atoms with Crippen molar-refractivity contribution in [2.45, 2.75) is 24.3 Å². The highest BCUT2D eigenvalue weighted by atomic mass is 32.2. The topological polar surface area (TPSA) is 73.6 Å². The molecule has 0 bridgehead atoms. The smallest absolute Gasteiger partial charge is 0.290 e. The van der Waals surface area contributed by atoms with E-state index in [4.69, 9.17) is 0 Å². The predicted octanol–water partition coefficient (Wildman–Crippen LogP) is 1.46. The van der Waals surface area contributed by atoms with Gasteiger partial charge in [-0.05, 0) is 37.1 Å². The summed E-state index contributed by atoms with van der Waals surface area (Å²) in [5.74, 6) is -0.173. The Morgan fingerprint density at radius 2 is 1.67 bits per heavy atom. The lowest BCUT2D eigenvalue weighted by molar-refractivity contribution is -0.684.